The normalized spacial score (nSPS) is 23.4. The number of piperidine rings is 1. The van der Waals surface area contributed by atoms with Crippen LogP contribution in [0.2, 0.25) is 0 Å². The molecule has 1 aliphatic heterocycles. The van der Waals surface area contributed by atoms with Crippen LogP contribution in [0.1, 0.15) is 63.4 Å². The smallest absolute Gasteiger partial charge is 0.409 e. The van der Waals surface area contributed by atoms with Gasteiger partial charge in [-0.05, 0) is 59.2 Å². The Labute approximate surface area is 212 Å². The van der Waals surface area contributed by atoms with E-state index in [9.17, 15) is 19.2 Å². The van der Waals surface area contributed by atoms with Crippen molar-refractivity contribution < 1.29 is 38.1 Å². The summed E-state index contributed by atoms with van der Waals surface area (Å²) in [6.45, 7) is 10.5. The molecule has 9 nitrogen and oxygen atoms in total. The van der Waals surface area contributed by atoms with Crippen molar-refractivity contribution in [2.75, 3.05) is 34.0 Å². The fourth-order valence-corrected chi connectivity index (χ4v) is 4.80. The SMILES string of the molecule is COC(=O)N1C[C@@H]2C(=O)c3cc(OC)ccc3[C@@H]([C@H]2COC(=O)C(C)(C)C)[C@@H]1COC(=O)C(C)(C)C. The lowest BCUT2D eigenvalue weighted by Crippen LogP contribution is -2.61. The molecule has 3 rings (SSSR count). The van der Waals surface area contributed by atoms with Crippen LogP contribution in [0.4, 0.5) is 4.79 Å². The average Bonchev–Trinajstić information content (AvgIpc) is 2.81. The van der Waals surface area contributed by atoms with Crippen LogP contribution in [0.3, 0.4) is 0 Å². The van der Waals surface area contributed by atoms with E-state index in [4.69, 9.17) is 18.9 Å². The van der Waals surface area contributed by atoms with E-state index in [1.54, 1.807) is 59.7 Å². The lowest BCUT2D eigenvalue weighted by molar-refractivity contribution is -0.158. The number of rotatable bonds is 5. The molecule has 0 radical (unpaired) electrons. The molecule has 1 aromatic rings. The van der Waals surface area contributed by atoms with Crippen LogP contribution in [-0.2, 0) is 23.8 Å². The average molecular weight is 504 g/mol. The first-order valence-electron chi connectivity index (χ1n) is 12.1. The third-order valence-electron chi connectivity index (χ3n) is 6.83. The monoisotopic (exact) mass is 503 g/mol. The van der Waals surface area contributed by atoms with E-state index in [1.807, 2.05) is 0 Å². The summed E-state index contributed by atoms with van der Waals surface area (Å²) in [7, 11) is 2.80. The predicted octanol–water partition coefficient (Wildman–Crippen LogP) is 3.84. The van der Waals surface area contributed by atoms with Gasteiger partial charge in [0, 0.05) is 29.9 Å². The maximum Gasteiger partial charge on any atom is 0.409 e. The number of nitrogens with zero attached hydrogens (tertiary/aromatic N) is 1. The fourth-order valence-electron chi connectivity index (χ4n) is 4.80. The number of ether oxygens (including phenoxy) is 4. The van der Waals surface area contributed by atoms with Crippen molar-refractivity contribution in [3.8, 4) is 5.75 Å². The second-order valence-electron chi connectivity index (χ2n) is 11.5. The van der Waals surface area contributed by atoms with Crippen LogP contribution in [0.5, 0.6) is 5.75 Å². The van der Waals surface area contributed by atoms with E-state index < -0.39 is 46.7 Å². The van der Waals surface area contributed by atoms with Crippen LogP contribution < -0.4 is 4.74 Å². The number of amides is 1. The molecule has 0 spiro atoms. The van der Waals surface area contributed by atoms with Crippen molar-refractivity contribution in [2.45, 2.75) is 53.5 Å². The quantitative estimate of drug-likeness (QED) is 0.441. The first kappa shape index (κ1) is 27.5. The number of fused-ring (bicyclic) bond motifs is 4. The highest BCUT2D eigenvalue weighted by atomic mass is 16.6. The molecule has 9 heteroatoms. The van der Waals surface area contributed by atoms with Gasteiger partial charge in [0.25, 0.3) is 0 Å². The molecule has 0 unspecified atom stereocenters. The van der Waals surface area contributed by atoms with Gasteiger partial charge in [-0.25, -0.2) is 4.79 Å². The van der Waals surface area contributed by atoms with Gasteiger partial charge in [0.15, 0.2) is 5.78 Å². The molecule has 0 saturated carbocycles. The number of Topliss-reactive ketones (excluding diaryl/α,β-unsaturated/α-hetero) is 1. The summed E-state index contributed by atoms with van der Waals surface area (Å²) in [4.78, 5) is 53.1. The molecule has 0 aromatic heterocycles. The molecule has 1 amide bonds. The van der Waals surface area contributed by atoms with Crippen LogP contribution in [0, 0.1) is 22.7 Å². The summed E-state index contributed by atoms with van der Waals surface area (Å²) in [6, 6.07) is 4.62. The van der Waals surface area contributed by atoms with Crippen LogP contribution in [0.25, 0.3) is 0 Å². The van der Waals surface area contributed by atoms with Gasteiger partial charge in [0.05, 0.1) is 37.7 Å². The number of hydrogen-bond donors (Lipinski definition) is 0. The minimum atomic E-state index is -0.733. The highest BCUT2D eigenvalue weighted by molar-refractivity contribution is 6.02. The number of carbonyl (C=O) groups is 4. The van der Waals surface area contributed by atoms with Crippen molar-refractivity contribution in [1.82, 2.24) is 4.90 Å². The summed E-state index contributed by atoms with van der Waals surface area (Å²) >= 11 is 0. The maximum atomic E-state index is 13.6. The lowest BCUT2D eigenvalue weighted by atomic mass is 9.63. The van der Waals surface area contributed by atoms with E-state index in [0.717, 1.165) is 0 Å². The second-order valence-corrected chi connectivity index (χ2v) is 11.5. The Morgan fingerprint density at radius 1 is 0.944 bits per heavy atom. The zero-order valence-electron chi connectivity index (χ0n) is 22.4. The van der Waals surface area contributed by atoms with Gasteiger partial charge < -0.3 is 23.8 Å². The molecule has 1 aromatic carbocycles. The lowest BCUT2D eigenvalue weighted by Gasteiger charge is -2.51. The molecule has 2 bridgehead atoms. The Hall–Kier alpha value is -3.10. The van der Waals surface area contributed by atoms with Crippen molar-refractivity contribution in [3.05, 3.63) is 29.3 Å². The molecule has 1 saturated heterocycles. The Morgan fingerprint density at radius 2 is 1.53 bits per heavy atom. The molecular formula is C27H37NO8. The van der Waals surface area contributed by atoms with Crippen molar-refractivity contribution in [2.24, 2.45) is 22.7 Å². The van der Waals surface area contributed by atoms with E-state index in [2.05, 4.69) is 0 Å². The van der Waals surface area contributed by atoms with E-state index in [1.165, 1.54) is 19.1 Å². The summed E-state index contributed by atoms with van der Waals surface area (Å²) in [6.07, 6.45) is -0.614. The van der Waals surface area contributed by atoms with E-state index in [-0.39, 0.29) is 31.5 Å². The van der Waals surface area contributed by atoms with Crippen LogP contribution in [0.15, 0.2) is 18.2 Å². The van der Waals surface area contributed by atoms with Gasteiger partial charge >= 0.3 is 18.0 Å². The molecule has 36 heavy (non-hydrogen) atoms. The maximum absolute atomic E-state index is 13.6. The first-order chi connectivity index (χ1) is 16.7. The number of carbonyl (C=O) groups excluding carboxylic acids is 4. The van der Waals surface area contributed by atoms with E-state index in [0.29, 0.717) is 16.9 Å². The molecule has 1 fully saturated rings. The van der Waals surface area contributed by atoms with Gasteiger partial charge in [-0.15, -0.1) is 0 Å². The number of benzene rings is 1. The zero-order chi connectivity index (χ0) is 27.0. The minimum Gasteiger partial charge on any atom is -0.497 e. The molecular weight excluding hydrogens is 466 g/mol. The van der Waals surface area contributed by atoms with Gasteiger partial charge in [-0.3, -0.25) is 14.4 Å². The summed E-state index contributed by atoms with van der Waals surface area (Å²) < 4.78 is 21.7. The Bertz CT molecular complexity index is 1040. The molecule has 198 valence electrons. The van der Waals surface area contributed by atoms with E-state index >= 15 is 0 Å². The Balaban J connectivity index is 2.08. The fraction of sp³-hybridized carbons (Fsp3) is 0.630. The third-order valence-corrected chi connectivity index (χ3v) is 6.83. The largest absolute Gasteiger partial charge is 0.497 e. The summed E-state index contributed by atoms with van der Waals surface area (Å²) in [5.41, 5.74) is -0.250. The summed E-state index contributed by atoms with van der Waals surface area (Å²) in [5, 5.41) is 0. The van der Waals surface area contributed by atoms with Gasteiger partial charge in [-0.2, -0.15) is 0 Å². The third kappa shape index (κ3) is 5.34. The molecule has 1 aliphatic carbocycles. The van der Waals surface area contributed by atoms with Crippen LogP contribution >= 0.6 is 0 Å². The number of likely N-dealkylation sites (tertiary alicyclic amines) is 1. The topological polar surface area (TPSA) is 108 Å². The summed E-state index contributed by atoms with van der Waals surface area (Å²) in [5.74, 6) is -1.89. The molecule has 2 aliphatic rings. The first-order valence-corrected chi connectivity index (χ1v) is 12.1. The van der Waals surface area contributed by atoms with Crippen molar-refractivity contribution in [3.63, 3.8) is 0 Å². The van der Waals surface area contributed by atoms with Crippen molar-refractivity contribution >= 4 is 23.8 Å². The van der Waals surface area contributed by atoms with Crippen LogP contribution in [-0.4, -0.2) is 68.7 Å². The van der Waals surface area contributed by atoms with Gasteiger partial charge in [-0.1, -0.05) is 6.07 Å². The molecule has 0 N–H and O–H groups in total. The second kappa shape index (κ2) is 10.1. The van der Waals surface area contributed by atoms with Gasteiger partial charge in [0.1, 0.15) is 12.4 Å². The number of esters is 2. The molecule has 1 heterocycles. The molecule has 4 atom stereocenters. The number of methoxy groups -OCH3 is 2. The van der Waals surface area contributed by atoms with Crippen molar-refractivity contribution in [1.29, 1.82) is 0 Å². The predicted molar refractivity (Wildman–Crippen MR) is 131 cm³/mol. The highest BCUT2D eigenvalue weighted by Gasteiger charge is 2.54. The Kier molecular flexibility index (Phi) is 7.72. The number of hydrogen-bond acceptors (Lipinski definition) is 8. The van der Waals surface area contributed by atoms with Gasteiger partial charge in [0.2, 0.25) is 0 Å². The Morgan fingerprint density at radius 3 is 2.06 bits per heavy atom. The minimum absolute atomic E-state index is 0.00136. The number of ketones is 1. The zero-order valence-corrected chi connectivity index (χ0v) is 22.4. The standard InChI is InChI=1S/C27H37NO8/c1-26(2,3)23(30)35-13-19-18-12-28(25(32)34-8)20(14-36-24(31)27(4,5)6)21(19)16-10-9-15(33-7)11-17(16)22(18)29/h9-11,18-21H,12-14H2,1-8H3/t18-,19-,20-,21-/m0/s1. The highest BCUT2D eigenvalue weighted by Crippen LogP contribution is 2.48.